The predicted octanol–water partition coefficient (Wildman–Crippen LogP) is 3.10. The maximum atomic E-state index is 8.36. The Morgan fingerprint density at radius 1 is 1.58 bits per heavy atom. The normalized spacial score (nSPS) is 10.9. The number of rotatable bonds is 1. The smallest absolute Gasteiger partial charge is 0.0927 e. The van der Waals surface area contributed by atoms with E-state index in [1.807, 2.05) is 37.3 Å². The quantitative estimate of drug-likeness (QED) is 0.605. The van der Waals surface area contributed by atoms with E-state index in [1.54, 1.807) is 0 Å². The third-order valence-electron chi connectivity index (χ3n) is 1.49. The van der Waals surface area contributed by atoms with Crippen LogP contribution in [-0.2, 0) is 0 Å². The van der Waals surface area contributed by atoms with Crippen molar-refractivity contribution >= 4 is 16.6 Å². The molecule has 0 aliphatic heterocycles. The molecule has 1 nitrogen and oxygen atoms in total. The molecule has 0 saturated heterocycles. The highest BCUT2D eigenvalue weighted by Crippen LogP contribution is 2.18. The summed E-state index contributed by atoms with van der Waals surface area (Å²) in [4.78, 5) is 0. The van der Waals surface area contributed by atoms with E-state index in [-0.39, 0.29) is 0 Å². The third kappa shape index (κ3) is 2.11. The number of allylic oxidation sites excluding steroid dienone is 1. The molecule has 0 heterocycles. The Balaban J connectivity index is 3.05. The first-order chi connectivity index (χ1) is 5.74. The molecule has 1 rings (SSSR count). The summed E-state index contributed by atoms with van der Waals surface area (Å²) in [6.45, 7) is 1.99. The van der Waals surface area contributed by atoms with Crippen molar-refractivity contribution in [3.8, 4) is 6.07 Å². The molecule has 2 heteroatoms. The summed E-state index contributed by atoms with van der Waals surface area (Å²) in [5.41, 5.74) is 2.02. The number of halogens is 1. The van der Waals surface area contributed by atoms with E-state index >= 15 is 0 Å². The fraction of sp³-hybridized carbons (Fsp3) is 0.100. The van der Waals surface area contributed by atoms with Crippen LogP contribution < -0.4 is 0 Å². The van der Waals surface area contributed by atoms with Crippen molar-refractivity contribution in [1.29, 1.82) is 5.26 Å². The number of benzene rings is 1. The van der Waals surface area contributed by atoms with Crippen LogP contribution in [0.3, 0.4) is 0 Å². The third-order valence-corrected chi connectivity index (χ3v) is 1.81. The summed E-state index contributed by atoms with van der Waals surface area (Å²) < 4.78 is 0. The summed E-state index contributed by atoms with van der Waals surface area (Å²) in [6.07, 6.45) is 1.33. The predicted molar refractivity (Wildman–Crippen MR) is 50.6 cm³/mol. The van der Waals surface area contributed by atoms with E-state index in [9.17, 15) is 0 Å². The van der Waals surface area contributed by atoms with Gasteiger partial charge in [0.25, 0.3) is 0 Å². The average molecular weight is 178 g/mol. The lowest BCUT2D eigenvalue weighted by atomic mass is 10.1. The Morgan fingerprint density at radius 3 is 2.92 bits per heavy atom. The van der Waals surface area contributed by atoms with Gasteiger partial charge in [-0.3, -0.25) is 0 Å². The Hall–Kier alpha value is -1.26. The van der Waals surface area contributed by atoms with Gasteiger partial charge in [-0.15, -0.1) is 0 Å². The van der Waals surface area contributed by atoms with Gasteiger partial charge < -0.3 is 0 Å². The van der Waals surface area contributed by atoms with Crippen LogP contribution in [0.15, 0.2) is 30.3 Å². The van der Waals surface area contributed by atoms with E-state index in [0.717, 1.165) is 11.1 Å². The van der Waals surface area contributed by atoms with Crippen LogP contribution in [0.5, 0.6) is 0 Å². The minimum Gasteiger partial charge on any atom is -0.193 e. The number of hydrogen-bond donors (Lipinski definition) is 0. The molecule has 0 fully saturated rings. The molecule has 0 radical (unpaired) electrons. The summed E-state index contributed by atoms with van der Waals surface area (Å²) in [5.74, 6) is 0. The highest BCUT2D eigenvalue weighted by Gasteiger charge is 1.96. The molecule has 0 spiro atoms. The standard InChI is InChI=1S/C10H8ClN/c1-8-3-2-4-9(7-8)10(11)5-6-12/h2-5,7H,1H3. The van der Waals surface area contributed by atoms with Gasteiger partial charge in [-0.05, 0) is 12.5 Å². The molecule has 0 bridgehead atoms. The van der Waals surface area contributed by atoms with Crippen molar-refractivity contribution in [2.24, 2.45) is 0 Å². The molecular weight excluding hydrogens is 170 g/mol. The molecule has 1 aromatic carbocycles. The van der Waals surface area contributed by atoms with Crippen molar-refractivity contribution in [3.05, 3.63) is 41.5 Å². The average Bonchev–Trinajstić information content (AvgIpc) is 2.05. The molecule has 0 amide bonds. The summed E-state index contributed by atoms with van der Waals surface area (Å²) >= 11 is 5.82. The monoisotopic (exact) mass is 177 g/mol. The minimum absolute atomic E-state index is 0.487. The molecule has 0 unspecified atom stereocenters. The highest BCUT2D eigenvalue weighted by atomic mass is 35.5. The SMILES string of the molecule is Cc1cccc(C(Cl)=CC#N)c1. The second-order valence-electron chi connectivity index (χ2n) is 2.49. The zero-order chi connectivity index (χ0) is 8.97. The van der Waals surface area contributed by atoms with Gasteiger partial charge in [0.1, 0.15) is 0 Å². The van der Waals surface area contributed by atoms with Gasteiger partial charge in [0.2, 0.25) is 0 Å². The second kappa shape index (κ2) is 3.94. The molecule has 0 aromatic heterocycles. The number of nitrogens with zero attached hydrogens (tertiary/aromatic N) is 1. The first-order valence-electron chi connectivity index (χ1n) is 3.56. The van der Waals surface area contributed by atoms with Gasteiger partial charge in [-0.1, -0.05) is 41.4 Å². The minimum atomic E-state index is 0.487. The van der Waals surface area contributed by atoms with Gasteiger partial charge in [-0.25, -0.2) is 0 Å². The van der Waals surface area contributed by atoms with E-state index in [4.69, 9.17) is 16.9 Å². The fourth-order valence-corrected chi connectivity index (χ4v) is 1.10. The van der Waals surface area contributed by atoms with Crippen LogP contribution in [0.25, 0.3) is 5.03 Å². The van der Waals surface area contributed by atoms with Crippen LogP contribution in [-0.4, -0.2) is 0 Å². The molecule has 1 aromatic rings. The summed E-state index contributed by atoms with van der Waals surface area (Å²) in [6, 6.07) is 9.61. The maximum Gasteiger partial charge on any atom is 0.0927 e. The molecule has 0 atom stereocenters. The number of nitriles is 1. The van der Waals surface area contributed by atoms with Crippen molar-refractivity contribution in [2.75, 3.05) is 0 Å². The van der Waals surface area contributed by atoms with Gasteiger partial charge in [0.15, 0.2) is 0 Å². The zero-order valence-corrected chi connectivity index (χ0v) is 7.47. The second-order valence-corrected chi connectivity index (χ2v) is 2.90. The molecule has 0 saturated carbocycles. The van der Waals surface area contributed by atoms with Crippen molar-refractivity contribution < 1.29 is 0 Å². The van der Waals surface area contributed by atoms with Crippen molar-refractivity contribution in [2.45, 2.75) is 6.92 Å². The lowest BCUT2D eigenvalue weighted by Crippen LogP contribution is -1.77. The molecule has 60 valence electrons. The van der Waals surface area contributed by atoms with Gasteiger partial charge in [0, 0.05) is 6.08 Å². The fourth-order valence-electron chi connectivity index (χ4n) is 0.934. The Labute approximate surface area is 76.9 Å². The van der Waals surface area contributed by atoms with Crippen molar-refractivity contribution in [1.82, 2.24) is 0 Å². The van der Waals surface area contributed by atoms with Crippen LogP contribution in [0.2, 0.25) is 0 Å². The van der Waals surface area contributed by atoms with Crippen LogP contribution >= 0.6 is 11.6 Å². The van der Waals surface area contributed by atoms with E-state index < -0.39 is 0 Å². The zero-order valence-electron chi connectivity index (χ0n) is 6.71. The van der Waals surface area contributed by atoms with Crippen LogP contribution in [0.4, 0.5) is 0 Å². The van der Waals surface area contributed by atoms with Crippen LogP contribution in [0.1, 0.15) is 11.1 Å². The topological polar surface area (TPSA) is 23.8 Å². The summed E-state index contributed by atoms with van der Waals surface area (Å²) in [5, 5.41) is 8.84. The molecule has 12 heavy (non-hydrogen) atoms. The molecular formula is C10H8ClN. The van der Waals surface area contributed by atoms with Gasteiger partial charge in [0.05, 0.1) is 11.1 Å². The van der Waals surface area contributed by atoms with Gasteiger partial charge in [-0.2, -0.15) is 5.26 Å². The molecule has 0 aliphatic carbocycles. The molecule has 0 aliphatic rings. The first-order valence-corrected chi connectivity index (χ1v) is 3.94. The number of aryl methyl sites for hydroxylation is 1. The Kier molecular flexibility index (Phi) is 2.90. The van der Waals surface area contributed by atoms with Gasteiger partial charge >= 0.3 is 0 Å². The Morgan fingerprint density at radius 2 is 2.33 bits per heavy atom. The van der Waals surface area contributed by atoms with E-state index in [2.05, 4.69) is 0 Å². The molecule has 0 N–H and O–H groups in total. The number of hydrogen-bond acceptors (Lipinski definition) is 1. The van der Waals surface area contributed by atoms with Crippen molar-refractivity contribution in [3.63, 3.8) is 0 Å². The maximum absolute atomic E-state index is 8.36. The lowest BCUT2D eigenvalue weighted by molar-refractivity contribution is 1.45. The first kappa shape index (κ1) is 8.83. The van der Waals surface area contributed by atoms with E-state index in [0.29, 0.717) is 5.03 Å². The Bertz CT molecular complexity index is 347. The van der Waals surface area contributed by atoms with E-state index in [1.165, 1.54) is 6.08 Å². The van der Waals surface area contributed by atoms with Crippen LogP contribution in [0, 0.1) is 18.3 Å². The largest absolute Gasteiger partial charge is 0.193 e. The lowest BCUT2D eigenvalue weighted by Gasteiger charge is -1.97. The summed E-state index contributed by atoms with van der Waals surface area (Å²) in [7, 11) is 0. The highest BCUT2D eigenvalue weighted by molar-refractivity contribution is 6.48.